The lowest BCUT2D eigenvalue weighted by Crippen LogP contribution is -2.43. The zero-order valence-corrected chi connectivity index (χ0v) is 16.8. The summed E-state index contributed by atoms with van der Waals surface area (Å²) in [6.07, 6.45) is 2.84. The number of hydrogen-bond donors (Lipinski definition) is 1. The SMILES string of the molecule is Cl.O=C(C1Cc2ccccc2S1)N1CCC(c2nnc3n2CCNC3)CC1. The van der Waals surface area contributed by atoms with E-state index < -0.39 is 0 Å². The Labute approximate surface area is 169 Å². The van der Waals surface area contributed by atoms with E-state index in [-0.39, 0.29) is 17.7 Å². The molecular formula is C19H24ClN5OS. The third kappa shape index (κ3) is 3.48. The van der Waals surface area contributed by atoms with Gasteiger partial charge in [0.05, 0.1) is 11.8 Å². The lowest BCUT2D eigenvalue weighted by molar-refractivity contribution is -0.131. The van der Waals surface area contributed by atoms with Gasteiger partial charge in [0.1, 0.15) is 11.6 Å². The van der Waals surface area contributed by atoms with Crippen LogP contribution in [0.2, 0.25) is 0 Å². The fraction of sp³-hybridized carbons (Fsp3) is 0.526. The molecule has 2 aromatic rings. The van der Waals surface area contributed by atoms with Gasteiger partial charge in [-0.1, -0.05) is 18.2 Å². The first-order valence-electron chi connectivity index (χ1n) is 9.45. The average molecular weight is 406 g/mol. The van der Waals surface area contributed by atoms with Crippen LogP contribution in [0.3, 0.4) is 0 Å². The van der Waals surface area contributed by atoms with E-state index in [9.17, 15) is 4.79 Å². The van der Waals surface area contributed by atoms with Gasteiger partial charge in [0, 0.05) is 37.0 Å². The molecule has 6 nitrogen and oxygen atoms in total. The Morgan fingerprint density at radius 2 is 1.96 bits per heavy atom. The average Bonchev–Trinajstić information content (AvgIpc) is 3.32. The maximum Gasteiger partial charge on any atom is 0.236 e. The van der Waals surface area contributed by atoms with Crippen LogP contribution in [-0.2, 0) is 24.3 Å². The van der Waals surface area contributed by atoms with Crippen molar-refractivity contribution in [2.45, 2.75) is 48.4 Å². The summed E-state index contributed by atoms with van der Waals surface area (Å²) >= 11 is 1.73. The molecule has 3 aliphatic rings. The number of carbonyl (C=O) groups excluding carboxylic acids is 1. The van der Waals surface area contributed by atoms with Crippen molar-refractivity contribution in [1.29, 1.82) is 0 Å². The predicted molar refractivity (Wildman–Crippen MR) is 107 cm³/mol. The van der Waals surface area contributed by atoms with Crippen LogP contribution in [0.4, 0.5) is 0 Å². The molecule has 0 aliphatic carbocycles. The van der Waals surface area contributed by atoms with Crippen molar-refractivity contribution in [3.05, 3.63) is 41.5 Å². The first-order chi connectivity index (χ1) is 12.8. The summed E-state index contributed by atoms with van der Waals surface area (Å²) in [6.45, 7) is 4.40. The monoisotopic (exact) mass is 405 g/mol. The third-order valence-electron chi connectivity index (χ3n) is 5.75. The molecule has 1 saturated heterocycles. The number of carbonyl (C=O) groups is 1. The van der Waals surface area contributed by atoms with Gasteiger partial charge in [-0.25, -0.2) is 0 Å². The van der Waals surface area contributed by atoms with Crippen molar-refractivity contribution in [1.82, 2.24) is 25.0 Å². The van der Waals surface area contributed by atoms with E-state index in [2.05, 4.69) is 49.2 Å². The van der Waals surface area contributed by atoms with Gasteiger partial charge in [-0.05, 0) is 30.9 Å². The Hall–Kier alpha value is -1.57. The smallest absolute Gasteiger partial charge is 0.236 e. The Bertz CT molecular complexity index is 808. The Morgan fingerprint density at radius 1 is 1.15 bits per heavy atom. The summed E-state index contributed by atoms with van der Waals surface area (Å²) in [5.41, 5.74) is 1.31. The van der Waals surface area contributed by atoms with E-state index in [4.69, 9.17) is 0 Å². The number of nitrogens with one attached hydrogen (secondary N) is 1. The van der Waals surface area contributed by atoms with E-state index in [1.807, 2.05) is 0 Å². The number of thioether (sulfide) groups is 1. The first kappa shape index (κ1) is 18.8. The molecule has 3 aliphatic heterocycles. The number of aromatic nitrogens is 3. The zero-order chi connectivity index (χ0) is 17.5. The molecule has 8 heteroatoms. The maximum atomic E-state index is 13.0. The maximum absolute atomic E-state index is 13.0. The summed E-state index contributed by atoms with van der Waals surface area (Å²) in [6, 6.07) is 8.39. The highest BCUT2D eigenvalue weighted by Crippen LogP contribution is 2.38. The molecule has 27 heavy (non-hydrogen) atoms. The van der Waals surface area contributed by atoms with Gasteiger partial charge in [-0.15, -0.1) is 34.4 Å². The number of hydrogen-bond acceptors (Lipinski definition) is 5. The Morgan fingerprint density at radius 3 is 2.78 bits per heavy atom. The molecule has 0 radical (unpaired) electrons. The van der Waals surface area contributed by atoms with Crippen LogP contribution in [-0.4, -0.2) is 50.5 Å². The highest BCUT2D eigenvalue weighted by Gasteiger charge is 2.34. The fourth-order valence-corrected chi connectivity index (χ4v) is 5.58. The zero-order valence-electron chi connectivity index (χ0n) is 15.1. The number of halogens is 1. The van der Waals surface area contributed by atoms with Crippen molar-refractivity contribution in [2.24, 2.45) is 0 Å². The van der Waals surface area contributed by atoms with Crippen molar-refractivity contribution < 1.29 is 4.79 Å². The largest absolute Gasteiger partial charge is 0.342 e. The molecule has 4 heterocycles. The fourth-order valence-electron chi connectivity index (χ4n) is 4.30. The third-order valence-corrected chi connectivity index (χ3v) is 7.05. The standard InChI is InChI=1S/C19H23N5OS.ClH/c25-19(16-11-14-3-1-2-4-15(14)26-16)23-8-5-13(6-9-23)18-22-21-17-12-20-7-10-24(17)18;/h1-4,13,16,20H,5-12H2;1H. The number of fused-ring (bicyclic) bond motifs is 2. The molecule has 1 aromatic heterocycles. The van der Waals surface area contributed by atoms with Crippen LogP contribution >= 0.6 is 24.2 Å². The summed E-state index contributed by atoms with van der Waals surface area (Å²) < 4.78 is 2.28. The van der Waals surface area contributed by atoms with Gasteiger partial charge in [-0.3, -0.25) is 4.79 Å². The lowest BCUT2D eigenvalue weighted by atomic mass is 9.95. The van der Waals surface area contributed by atoms with E-state index >= 15 is 0 Å². The van der Waals surface area contributed by atoms with Crippen molar-refractivity contribution in [3.63, 3.8) is 0 Å². The number of likely N-dealkylation sites (tertiary alicyclic amines) is 1. The first-order valence-corrected chi connectivity index (χ1v) is 10.3. The highest BCUT2D eigenvalue weighted by molar-refractivity contribution is 8.01. The molecule has 1 atom stereocenters. The van der Waals surface area contributed by atoms with Gasteiger partial charge in [0.2, 0.25) is 5.91 Å². The molecule has 1 N–H and O–H groups in total. The molecule has 0 saturated carbocycles. The van der Waals surface area contributed by atoms with E-state index in [1.54, 1.807) is 11.8 Å². The van der Waals surface area contributed by atoms with Gasteiger partial charge in [-0.2, -0.15) is 0 Å². The Kier molecular flexibility index (Phi) is 5.43. The van der Waals surface area contributed by atoms with Crippen LogP contribution in [0.15, 0.2) is 29.2 Å². The topological polar surface area (TPSA) is 63.1 Å². The number of piperidine rings is 1. The Balaban J connectivity index is 0.00000180. The lowest BCUT2D eigenvalue weighted by Gasteiger charge is -2.33. The molecule has 0 spiro atoms. The van der Waals surface area contributed by atoms with Crippen LogP contribution in [0.1, 0.15) is 36.0 Å². The van der Waals surface area contributed by atoms with Crippen molar-refractivity contribution in [2.75, 3.05) is 19.6 Å². The van der Waals surface area contributed by atoms with Crippen LogP contribution in [0.25, 0.3) is 0 Å². The summed E-state index contributed by atoms with van der Waals surface area (Å²) in [4.78, 5) is 16.3. The molecule has 1 unspecified atom stereocenters. The number of rotatable bonds is 2. The van der Waals surface area contributed by atoms with Crippen LogP contribution < -0.4 is 5.32 Å². The molecule has 1 amide bonds. The van der Waals surface area contributed by atoms with E-state index in [0.717, 1.165) is 63.6 Å². The number of amides is 1. The second-order valence-corrected chi connectivity index (χ2v) is 8.57. The van der Waals surface area contributed by atoms with Crippen molar-refractivity contribution >= 4 is 30.1 Å². The number of benzene rings is 1. The minimum absolute atomic E-state index is 0. The van der Waals surface area contributed by atoms with Gasteiger partial charge >= 0.3 is 0 Å². The highest BCUT2D eigenvalue weighted by atomic mass is 35.5. The molecular weight excluding hydrogens is 382 g/mol. The summed E-state index contributed by atoms with van der Waals surface area (Å²) in [5, 5.41) is 12.2. The molecule has 144 valence electrons. The van der Waals surface area contributed by atoms with Crippen LogP contribution in [0, 0.1) is 0 Å². The minimum Gasteiger partial charge on any atom is -0.342 e. The molecule has 5 rings (SSSR count). The normalized spacial score (nSPS) is 22.1. The van der Waals surface area contributed by atoms with E-state index in [0.29, 0.717) is 11.8 Å². The van der Waals surface area contributed by atoms with Crippen LogP contribution in [0.5, 0.6) is 0 Å². The minimum atomic E-state index is 0. The van der Waals surface area contributed by atoms with Crippen molar-refractivity contribution in [3.8, 4) is 0 Å². The second kappa shape index (κ2) is 7.81. The number of nitrogens with zero attached hydrogens (tertiary/aromatic N) is 4. The second-order valence-electron chi connectivity index (χ2n) is 7.32. The predicted octanol–water partition coefficient (Wildman–Crippen LogP) is 2.23. The summed E-state index contributed by atoms with van der Waals surface area (Å²) in [7, 11) is 0. The summed E-state index contributed by atoms with van der Waals surface area (Å²) in [5.74, 6) is 2.89. The molecule has 1 aromatic carbocycles. The quantitative estimate of drug-likeness (QED) is 0.830. The van der Waals surface area contributed by atoms with Gasteiger partial charge < -0.3 is 14.8 Å². The molecule has 1 fully saturated rings. The van der Waals surface area contributed by atoms with Gasteiger partial charge in [0.15, 0.2) is 0 Å². The molecule has 0 bridgehead atoms. The van der Waals surface area contributed by atoms with E-state index in [1.165, 1.54) is 10.5 Å². The van der Waals surface area contributed by atoms with Gasteiger partial charge in [0.25, 0.3) is 0 Å².